The highest BCUT2D eigenvalue weighted by molar-refractivity contribution is 9.10. The number of halogens is 2. The molecule has 3 rings (SSSR count). The molecule has 2 aromatic rings. The van der Waals surface area contributed by atoms with Gasteiger partial charge in [-0.25, -0.2) is 4.39 Å². The van der Waals surface area contributed by atoms with Gasteiger partial charge in [0.25, 0.3) is 0 Å². The van der Waals surface area contributed by atoms with Crippen LogP contribution in [0, 0.1) is 5.82 Å². The predicted molar refractivity (Wildman–Crippen MR) is 85.9 cm³/mol. The van der Waals surface area contributed by atoms with Crippen LogP contribution in [0.4, 0.5) is 4.39 Å². The first-order chi connectivity index (χ1) is 9.67. The molecular weight excluding hydrogens is 337 g/mol. The van der Waals surface area contributed by atoms with Gasteiger partial charge in [-0.05, 0) is 62.1 Å². The van der Waals surface area contributed by atoms with Crippen molar-refractivity contribution in [2.75, 3.05) is 7.05 Å². The quantitative estimate of drug-likeness (QED) is 0.843. The largest absolute Gasteiger partial charge is 0.312 e. The first-order valence-electron chi connectivity index (χ1n) is 6.90. The number of nitrogens with one attached hydrogen (secondary N) is 1. The van der Waals surface area contributed by atoms with Crippen molar-refractivity contribution in [1.82, 2.24) is 5.32 Å². The molecular formula is C16H17BrFNS. The summed E-state index contributed by atoms with van der Waals surface area (Å²) < 4.78 is 14.0. The molecule has 106 valence electrons. The number of hydrogen-bond acceptors (Lipinski definition) is 2. The molecule has 0 radical (unpaired) electrons. The molecule has 1 nitrogen and oxygen atoms in total. The second kappa shape index (κ2) is 5.96. The predicted octanol–water partition coefficient (Wildman–Crippen LogP) is 4.64. The summed E-state index contributed by atoms with van der Waals surface area (Å²) in [4.78, 5) is 2.95. The average Bonchev–Trinajstić information content (AvgIpc) is 2.98. The van der Waals surface area contributed by atoms with Crippen molar-refractivity contribution in [2.24, 2.45) is 0 Å². The molecule has 1 aromatic heterocycles. The highest BCUT2D eigenvalue weighted by Gasteiger charge is 2.20. The van der Waals surface area contributed by atoms with Gasteiger partial charge in [0.1, 0.15) is 5.82 Å². The van der Waals surface area contributed by atoms with E-state index in [0.29, 0.717) is 6.04 Å². The lowest BCUT2D eigenvalue weighted by Crippen LogP contribution is -2.18. The van der Waals surface area contributed by atoms with E-state index in [-0.39, 0.29) is 5.82 Å². The van der Waals surface area contributed by atoms with Gasteiger partial charge in [0, 0.05) is 20.3 Å². The Bertz CT molecular complexity index is 601. The van der Waals surface area contributed by atoms with Crippen LogP contribution < -0.4 is 5.32 Å². The molecule has 1 heterocycles. The minimum atomic E-state index is -0.197. The molecule has 0 bridgehead atoms. The molecule has 0 saturated carbocycles. The third-order valence-electron chi connectivity index (χ3n) is 3.90. The number of rotatable bonds is 4. The monoisotopic (exact) mass is 353 g/mol. The van der Waals surface area contributed by atoms with Gasteiger partial charge < -0.3 is 5.32 Å². The Hall–Kier alpha value is -0.710. The zero-order valence-corrected chi connectivity index (χ0v) is 13.8. The summed E-state index contributed by atoms with van der Waals surface area (Å²) in [7, 11) is 1.99. The summed E-state index contributed by atoms with van der Waals surface area (Å²) >= 11 is 5.39. The van der Waals surface area contributed by atoms with E-state index in [9.17, 15) is 4.39 Å². The zero-order chi connectivity index (χ0) is 14.1. The van der Waals surface area contributed by atoms with Gasteiger partial charge in [0.15, 0.2) is 0 Å². The van der Waals surface area contributed by atoms with Gasteiger partial charge in [0.05, 0.1) is 0 Å². The molecule has 1 aromatic carbocycles. The van der Waals surface area contributed by atoms with Crippen LogP contribution >= 0.6 is 27.3 Å². The topological polar surface area (TPSA) is 12.0 Å². The fourth-order valence-electron chi connectivity index (χ4n) is 2.78. The molecule has 0 aliphatic heterocycles. The van der Waals surface area contributed by atoms with Crippen molar-refractivity contribution < 1.29 is 4.39 Å². The molecule has 1 N–H and O–H groups in total. The molecule has 1 aliphatic carbocycles. The lowest BCUT2D eigenvalue weighted by atomic mass is 10.0. The third-order valence-corrected chi connectivity index (χ3v) is 5.99. The van der Waals surface area contributed by atoms with Crippen molar-refractivity contribution in [2.45, 2.75) is 31.7 Å². The summed E-state index contributed by atoms with van der Waals surface area (Å²) in [5, 5.41) is 3.39. The van der Waals surface area contributed by atoms with E-state index in [0.717, 1.165) is 16.5 Å². The van der Waals surface area contributed by atoms with Crippen LogP contribution in [0.3, 0.4) is 0 Å². The zero-order valence-electron chi connectivity index (χ0n) is 11.4. The van der Waals surface area contributed by atoms with Crippen molar-refractivity contribution in [3.05, 3.63) is 55.4 Å². The summed E-state index contributed by atoms with van der Waals surface area (Å²) in [6.45, 7) is 0. The fourth-order valence-corrected chi connectivity index (χ4v) is 4.66. The van der Waals surface area contributed by atoms with Crippen LogP contribution in [0.1, 0.15) is 33.3 Å². The van der Waals surface area contributed by atoms with Crippen molar-refractivity contribution in [1.29, 1.82) is 0 Å². The SMILES string of the molecule is CNC(Cc1ccc(F)cc1Br)c1cc2c(s1)CCC2. The Balaban J connectivity index is 1.82. The summed E-state index contributed by atoms with van der Waals surface area (Å²) in [6, 6.07) is 7.58. The van der Waals surface area contributed by atoms with E-state index in [2.05, 4.69) is 27.3 Å². The lowest BCUT2D eigenvalue weighted by molar-refractivity contribution is 0.595. The minimum absolute atomic E-state index is 0.197. The van der Waals surface area contributed by atoms with Crippen molar-refractivity contribution in [3.8, 4) is 0 Å². The maximum Gasteiger partial charge on any atom is 0.124 e. The Morgan fingerprint density at radius 2 is 2.20 bits per heavy atom. The van der Waals surface area contributed by atoms with E-state index in [1.807, 2.05) is 24.5 Å². The third kappa shape index (κ3) is 2.83. The molecule has 4 heteroatoms. The number of aryl methyl sites for hydroxylation is 2. The second-order valence-electron chi connectivity index (χ2n) is 5.23. The number of benzene rings is 1. The molecule has 1 atom stereocenters. The Labute approximate surface area is 131 Å². The maximum absolute atomic E-state index is 13.2. The first-order valence-corrected chi connectivity index (χ1v) is 8.51. The van der Waals surface area contributed by atoms with Gasteiger partial charge in [0.2, 0.25) is 0 Å². The number of thiophene rings is 1. The van der Waals surface area contributed by atoms with Gasteiger partial charge in [-0.2, -0.15) is 0 Å². The van der Waals surface area contributed by atoms with Gasteiger partial charge in [-0.15, -0.1) is 11.3 Å². The maximum atomic E-state index is 13.2. The highest BCUT2D eigenvalue weighted by Crippen LogP contribution is 2.35. The van der Waals surface area contributed by atoms with E-state index in [1.165, 1.54) is 41.8 Å². The molecule has 0 spiro atoms. The smallest absolute Gasteiger partial charge is 0.124 e. The first kappa shape index (κ1) is 14.2. The van der Waals surface area contributed by atoms with Crippen LogP contribution in [0.15, 0.2) is 28.7 Å². The Morgan fingerprint density at radius 3 is 2.90 bits per heavy atom. The molecule has 0 saturated heterocycles. The number of fused-ring (bicyclic) bond motifs is 1. The average molecular weight is 354 g/mol. The normalized spacial score (nSPS) is 15.3. The summed E-state index contributed by atoms with van der Waals surface area (Å²) in [5.41, 5.74) is 2.67. The molecule has 1 unspecified atom stereocenters. The lowest BCUT2D eigenvalue weighted by Gasteiger charge is -2.16. The highest BCUT2D eigenvalue weighted by atomic mass is 79.9. The van der Waals surface area contributed by atoms with Crippen LogP contribution in [0.25, 0.3) is 0 Å². The van der Waals surface area contributed by atoms with Crippen molar-refractivity contribution in [3.63, 3.8) is 0 Å². The molecule has 0 amide bonds. The van der Waals surface area contributed by atoms with E-state index >= 15 is 0 Å². The van der Waals surface area contributed by atoms with Gasteiger partial charge >= 0.3 is 0 Å². The minimum Gasteiger partial charge on any atom is -0.312 e. The number of hydrogen-bond donors (Lipinski definition) is 1. The van der Waals surface area contributed by atoms with Crippen LogP contribution in [0.5, 0.6) is 0 Å². The van der Waals surface area contributed by atoms with E-state index < -0.39 is 0 Å². The summed E-state index contributed by atoms with van der Waals surface area (Å²) in [6.07, 6.45) is 4.63. The van der Waals surface area contributed by atoms with E-state index in [4.69, 9.17) is 0 Å². The molecule has 20 heavy (non-hydrogen) atoms. The summed E-state index contributed by atoms with van der Waals surface area (Å²) in [5.74, 6) is -0.197. The van der Waals surface area contributed by atoms with Crippen LogP contribution in [0.2, 0.25) is 0 Å². The fraction of sp³-hybridized carbons (Fsp3) is 0.375. The number of likely N-dealkylation sites (N-methyl/N-ethyl adjacent to an activating group) is 1. The molecule has 0 fully saturated rings. The Kier molecular flexibility index (Phi) is 4.24. The van der Waals surface area contributed by atoms with Crippen molar-refractivity contribution >= 4 is 27.3 Å². The Morgan fingerprint density at radius 1 is 1.35 bits per heavy atom. The van der Waals surface area contributed by atoms with Gasteiger partial charge in [-0.3, -0.25) is 0 Å². The molecule has 1 aliphatic rings. The van der Waals surface area contributed by atoms with Crippen LogP contribution in [-0.4, -0.2) is 7.05 Å². The second-order valence-corrected chi connectivity index (χ2v) is 7.25. The van der Waals surface area contributed by atoms with E-state index in [1.54, 1.807) is 4.88 Å². The van der Waals surface area contributed by atoms with Crippen LogP contribution in [-0.2, 0) is 19.3 Å². The standard InChI is InChI=1S/C16H17BrFNS/c1-19-14(7-10-5-6-12(18)9-13(10)17)16-8-11-3-2-4-15(11)20-16/h5-6,8-9,14,19H,2-4,7H2,1H3. The van der Waals surface area contributed by atoms with Gasteiger partial charge in [-0.1, -0.05) is 22.0 Å².